The number of fused-ring (bicyclic) bond motifs is 3. The molecule has 0 aromatic heterocycles. The molecule has 0 aromatic rings. The molecule has 1 saturated heterocycles. The quantitative estimate of drug-likeness (QED) is 0.467. The molecule has 0 spiro atoms. The predicted octanol–water partition coefficient (Wildman–Crippen LogP) is 1.52. The van der Waals surface area contributed by atoms with Gasteiger partial charge in [-0.15, -0.1) is 6.58 Å². The molecule has 3 fully saturated rings. The van der Waals surface area contributed by atoms with Crippen molar-refractivity contribution >= 4 is 11.8 Å². The smallest absolute Gasteiger partial charge is 0.303 e. The normalized spacial score (nSPS) is 51.6. The number of hydrogen-bond acceptors (Lipinski definition) is 7. The molecule has 2 aliphatic carbocycles. The Balaban J connectivity index is 2.33. The molecule has 3 N–H and O–H groups in total. The summed E-state index contributed by atoms with van der Waals surface area (Å²) in [7, 11) is 0. The van der Waals surface area contributed by atoms with Crippen LogP contribution in [-0.2, 0) is 19.1 Å². The molecule has 2 saturated carbocycles. The first kappa shape index (κ1) is 22.4. The lowest BCUT2D eigenvalue weighted by Crippen LogP contribution is -2.86. The van der Waals surface area contributed by atoms with Gasteiger partial charge in [0.2, 0.25) is 0 Å². The lowest BCUT2D eigenvalue weighted by atomic mass is 9.40. The van der Waals surface area contributed by atoms with Gasteiger partial charge in [0.05, 0.1) is 17.8 Å². The third-order valence-electron chi connectivity index (χ3n) is 8.02. The second kappa shape index (κ2) is 6.36. The Morgan fingerprint density at radius 2 is 1.83 bits per heavy atom. The number of ketones is 1. The van der Waals surface area contributed by atoms with Crippen LogP contribution in [0.1, 0.15) is 60.8 Å². The first-order chi connectivity index (χ1) is 13.1. The van der Waals surface area contributed by atoms with Crippen LogP contribution in [0.25, 0.3) is 0 Å². The summed E-state index contributed by atoms with van der Waals surface area (Å²) in [6.45, 7) is 13.6. The fourth-order valence-electron chi connectivity index (χ4n) is 6.66. The number of ether oxygens (including phenoxy) is 2. The van der Waals surface area contributed by atoms with Gasteiger partial charge in [0.15, 0.2) is 17.5 Å². The summed E-state index contributed by atoms with van der Waals surface area (Å²) in [6.07, 6.45) is -1.29. The van der Waals surface area contributed by atoms with Crippen LogP contribution in [-0.4, -0.2) is 62.2 Å². The van der Waals surface area contributed by atoms with Gasteiger partial charge in [0.1, 0.15) is 5.60 Å². The molecule has 2 unspecified atom stereocenters. The van der Waals surface area contributed by atoms with Gasteiger partial charge in [0.25, 0.3) is 0 Å². The largest absolute Gasteiger partial charge is 0.457 e. The van der Waals surface area contributed by atoms with Gasteiger partial charge in [-0.3, -0.25) is 9.59 Å². The van der Waals surface area contributed by atoms with Crippen LogP contribution in [0.3, 0.4) is 0 Å². The van der Waals surface area contributed by atoms with E-state index in [9.17, 15) is 24.9 Å². The molecule has 1 aliphatic heterocycles. The fraction of sp³-hybridized carbons (Fsp3) is 0.818. The molecule has 0 aromatic carbocycles. The van der Waals surface area contributed by atoms with Crippen LogP contribution in [0.15, 0.2) is 12.7 Å². The fourth-order valence-corrected chi connectivity index (χ4v) is 6.66. The van der Waals surface area contributed by atoms with E-state index in [4.69, 9.17) is 9.47 Å². The highest BCUT2D eigenvalue weighted by atomic mass is 16.6. The molecule has 7 heteroatoms. The standard InChI is InChI=1S/C22H34O7/c1-8-19(5)11-14(25)22(27)20(6)13(24)9-10-18(3,4)16(20)15(26)17(28-12(2)23)21(22,7)29-19/h8,13,15-17,24,26-27H,1,9-11H2,2-7H3/t13?,15?,16-,17-,19-,20-,21+,22-/m0/s1. The maximum absolute atomic E-state index is 13.6. The van der Waals surface area contributed by atoms with Gasteiger partial charge >= 0.3 is 5.97 Å². The molecule has 7 nitrogen and oxygen atoms in total. The minimum absolute atomic E-state index is 0.138. The number of carbonyl (C=O) groups is 2. The Kier molecular flexibility index (Phi) is 4.91. The Bertz CT molecular complexity index is 747. The number of Topliss-reactive ketones (excluding diaryl/α,β-unsaturated/α-hetero) is 1. The van der Waals surface area contributed by atoms with Crippen molar-refractivity contribution in [1.82, 2.24) is 0 Å². The number of rotatable bonds is 2. The number of hydrogen-bond donors (Lipinski definition) is 3. The third-order valence-corrected chi connectivity index (χ3v) is 8.02. The Hall–Kier alpha value is -1.28. The van der Waals surface area contributed by atoms with Crippen molar-refractivity contribution in [3.63, 3.8) is 0 Å². The van der Waals surface area contributed by atoms with E-state index in [1.165, 1.54) is 19.9 Å². The highest BCUT2D eigenvalue weighted by Gasteiger charge is 2.81. The Morgan fingerprint density at radius 3 is 2.34 bits per heavy atom. The van der Waals surface area contributed by atoms with Crippen molar-refractivity contribution in [2.24, 2.45) is 16.7 Å². The molecular formula is C22H34O7. The van der Waals surface area contributed by atoms with E-state index in [1.54, 1.807) is 13.8 Å². The summed E-state index contributed by atoms with van der Waals surface area (Å²) >= 11 is 0. The summed E-state index contributed by atoms with van der Waals surface area (Å²) in [6, 6.07) is 0. The zero-order valence-electron chi connectivity index (χ0n) is 18.2. The number of aliphatic hydroxyl groups excluding tert-OH is 2. The summed E-state index contributed by atoms with van der Waals surface area (Å²) in [5.74, 6) is -1.87. The molecule has 0 bridgehead atoms. The Labute approximate surface area is 172 Å². The lowest BCUT2D eigenvalue weighted by Gasteiger charge is -2.71. The van der Waals surface area contributed by atoms with Gasteiger partial charge in [-0.05, 0) is 32.1 Å². The molecule has 0 amide bonds. The zero-order chi connectivity index (χ0) is 22.2. The zero-order valence-corrected chi connectivity index (χ0v) is 18.2. The second-order valence-corrected chi connectivity index (χ2v) is 10.4. The van der Waals surface area contributed by atoms with E-state index in [0.29, 0.717) is 12.8 Å². The Morgan fingerprint density at radius 1 is 1.24 bits per heavy atom. The average molecular weight is 411 g/mol. The average Bonchev–Trinajstić information content (AvgIpc) is 2.59. The molecule has 3 rings (SSSR count). The monoisotopic (exact) mass is 410 g/mol. The van der Waals surface area contributed by atoms with Crippen LogP contribution in [0.5, 0.6) is 0 Å². The van der Waals surface area contributed by atoms with Crippen molar-refractivity contribution < 1.29 is 34.4 Å². The van der Waals surface area contributed by atoms with Gasteiger partial charge in [-0.1, -0.05) is 26.8 Å². The van der Waals surface area contributed by atoms with E-state index in [-0.39, 0.29) is 6.42 Å². The number of esters is 1. The summed E-state index contributed by atoms with van der Waals surface area (Å²) < 4.78 is 11.8. The van der Waals surface area contributed by atoms with Crippen molar-refractivity contribution in [1.29, 1.82) is 0 Å². The van der Waals surface area contributed by atoms with Crippen molar-refractivity contribution in [2.75, 3.05) is 0 Å². The van der Waals surface area contributed by atoms with Crippen LogP contribution in [0.2, 0.25) is 0 Å². The van der Waals surface area contributed by atoms with Crippen LogP contribution in [0.4, 0.5) is 0 Å². The molecule has 164 valence electrons. The SMILES string of the molecule is C=C[C@@]1(C)CC(=O)[C@]2(O)[C@@]3(C)C(O)CCC(C)(C)[C@@H]3C(O)[C@H](OC(C)=O)[C@@]2(C)O1. The maximum atomic E-state index is 13.6. The molecule has 29 heavy (non-hydrogen) atoms. The first-order valence-electron chi connectivity index (χ1n) is 10.2. The van der Waals surface area contributed by atoms with Crippen molar-refractivity contribution in [3.8, 4) is 0 Å². The molecule has 3 aliphatic rings. The summed E-state index contributed by atoms with van der Waals surface area (Å²) in [5, 5.41) is 34.7. The molecule has 1 heterocycles. The molecule has 8 atom stereocenters. The second-order valence-electron chi connectivity index (χ2n) is 10.4. The maximum Gasteiger partial charge on any atom is 0.303 e. The van der Waals surface area contributed by atoms with E-state index in [1.807, 2.05) is 13.8 Å². The van der Waals surface area contributed by atoms with Gasteiger partial charge in [-0.2, -0.15) is 0 Å². The molecular weight excluding hydrogens is 376 g/mol. The van der Waals surface area contributed by atoms with E-state index >= 15 is 0 Å². The van der Waals surface area contributed by atoms with Crippen LogP contribution in [0, 0.1) is 16.7 Å². The summed E-state index contributed by atoms with van der Waals surface area (Å²) in [4.78, 5) is 25.5. The predicted molar refractivity (Wildman–Crippen MR) is 105 cm³/mol. The molecule has 0 radical (unpaired) electrons. The minimum atomic E-state index is -2.18. The lowest BCUT2D eigenvalue weighted by molar-refractivity contribution is -0.370. The van der Waals surface area contributed by atoms with E-state index in [0.717, 1.165) is 0 Å². The van der Waals surface area contributed by atoms with Gasteiger partial charge in [-0.25, -0.2) is 0 Å². The van der Waals surface area contributed by atoms with Gasteiger partial charge < -0.3 is 24.8 Å². The minimum Gasteiger partial charge on any atom is -0.457 e. The highest BCUT2D eigenvalue weighted by Crippen LogP contribution is 2.66. The van der Waals surface area contributed by atoms with Crippen LogP contribution < -0.4 is 0 Å². The number of carbonyl (C=O) groups excluding carboxylic acids is 2. The van der Waals surface area contributed by atoms with Crippen molar-refractivity contribution in [2.45, 2.75) is 95.9 Å². The first-order valence-corrected chi connectivity index (χ1v) is 10.2. The summed E-state index contributed by atoms with van der Waals surface area (Å²) in [5.41, 5.74) is -7.00. The van der Waals surface area contributed by atoms with Gasteiger partial charge in [0, 0.05) is 24.7 Å². The highest BCUT2D eigenvalue weighted by molar-refractivity contribution is 5.92. The van der Waals surface area contributed by atoms with Crippen molar-refractivity contribution in [3.05, 3.63) is 12.7 Å². The topological polar surface area (TPSA) is 113 Å². The number of aliphatic hydroxyl groups is 3. The van der Waals surface area contributed by atoms with E-state index in [2.05, 4.69) is 6.58 Å². The van der Waals surface area contributed by atoms with Crippen LogP contribution >= 0.6 is 0 Å². The van der Waals surface area contributed by atoms with E-state index < -0.39 is 63.6 Å². The third kappa shape index (κ3) is 2.63.